The second kappa shape index (κ2) is 4.57. The molecule has 0 atom stereocenters. The highest BCUT2D eigenvalue weighted by Crippen LogP contribution is 2.23. The van der Waals surface area contributed by atoms with Crippen molar-refractivity contribution in [3.05, 3.63) is 24.3 Å². The van der Waals surface area contributed by atoms with Crippen LogP contribution in [0.4, 0.5) is 5.69 Å². The van der Waals surface area contributed by atoms with Crippen LogP contribution in [0.5, 0.6) is 5.75 Å². The summed E-state index contributed by atoms with van der Waals surface area (Å²) in [5, 5.41) is 0. The number of rotatable bonds is 3. The van der Waals surface area contributed by atoms with E-state index in [9.17, 15) is 9.59 Å². The van der Waals surface area contributed by atoms with Gasteiger partial charge in [0.1, 0.15) is 5.75 Å². The number of hydrogen-bond acceptors (Lipinski definition) is 3. The fraction of sp³-hybridized carbons (Fsp3) is 0.385. The summed E-state index contributed by atoms with van der Waals surface area (Å²) in [5.41, 5.74) is 0.747. The minimum absolute atomic E-state index is 0.121. The van der Waals surface area contributed by atoms with E-state index in [1.807, 2.05) is 26.0 Å². The first-order valence-electron chi connectivity index (χ1n) is 5.69. The molecule has 4 nitrogen and oxygen atoms in total. The predicted octanol–water partition coefficient (Wildman–Crippen LogP) is 1.78. The number of anilines is 1. The largest absolute Gasteiger partial charge is 0.491 e. The number of Topliss-reactive ketones (excluding diaryl/α,β-unsaturated/α-hetero) is 1. The molecule has 1 amide bonds. The molecule has 0 spiro atoms. The lowest BCUT2D eigenvalue weighted by Crippen LogP contribution is -2.26. The van der Waals surface area contributed by atoms with Gasteiger partial charge in [-0.1, -0.05) is 0 Å². The van der Waals surface area contributed by atoms with Crippen molar-refractivity contribution in [2.24, 2.45) is 0 Å². The molecule has 0 saturated carbocycles. The molecular formula is C13H15NO3. The van der Waals surface area contributed by atoms with E-state index in [2.05, 4.69) is 0 Å². The van der Waals surface area contributed by atoms with Crippen LogP contribution >= 0.6 is 0 Å². The molecule has 1 aromatic carbocycles. The lowest BCUT2D eigenvalue weighted by atomic mass is 10.2. The van der Waals surface area contributed by atoms with E-state index in [0.29, 0.717) is 13.0 Å². The van der Waals surface area contributed by atoms with Crippen molar-refractivity contribution < 1.29 is 14.3 Å². The Hall–Kier alpha value is -1.84. The number of nitrogens with zero attached hydrogens (tertiary/aromatic N) is 1. The van der Waals surface area contributed by atoms with Crippen molar-refractivity contribution >= 4 is 17.4 Å². The highest BCUT2D eigenvalue weighted by atomic mass is 16.5. The van der Waals surface area contributed by atoms with Gasteiger partial charge < -0.3 is 9.64 Å². The van der Waals surface area contributed by atoms with Gasteiger partial charge in [0.05, 0.1) is 6.10 Å². The van der Waals surface area contributed by atoms with Crippen LogP contribution in [0, 0.1) is 0 Å². The molecule has 17 heavy (non-hydrogen) atoms. The summed E-state index contributed by atoms with van der Waals surface area (Å²) in [6.45, 7) is 4.38. The molecule has 90 valence electrons. The number of ether oxygens (including phenoxy) is 1. The lowest BCUT2D eigenvalue weighted by Gasteiger charge is -2.15. The van der Waals surface area contributed by atoms with Crippen LogP contribution in [0.15, 0.2) is 24.3 Å². The van der Waals surface area contributed by atoms with Gasteiger partial charge in [0, 0.05) is 18.7 Å². The molecule has 0 radical (unpaired) electrons. The third-order valence-electron chi connectivity index (χ3n) is 2.57. The van der Waals surface area contributed by atoms with E-state index in [4.69, 9.17) is 4.74 Å². The third-order valence-corrected chi connectivity index (χ3v) is 2.57. The van der Waals surface area contributed by atoms with Crippen molar-refractivity contribution in [1.82, 2.24) is 0 Å². The molecular weight excluding hydrogens is 218 g/mol. The van der Waals surface area contributed by atoms with Crippen molar-refractivity contribution in [2.75, 3.05) is 11.4 Å². The van der Waals surface area contributed by atoms with Gasteiger partial charge in [-0.25, -0.2) is 0 Å². The Morgan fingerprint density at radius 2 is 1.82 bits per heavy atom. The van der Waals surface area contributed by atoms with Gasteiger partial charge in [0.2, 0.25) is 5.78 Å². The highest BCUT2D eigenvalue weighted by Gasteiger charge is 2.30. The van der Waals surface area contributed by atoms with Crippen LogP contribution in [0.2, 0.25) is 0 Å². The van der Waals surface area contributed by atoms with E-state index < -0.39 is 5.91 Å². The first kappa shape index (κ1) is 11.6. The van der Waals surface area contributed by atoms with Crippen LogP contribution in [0.25, 0.3) is 0 Å². The number of benzene rings is 1. The zero-order valence-electron chi connectivity index (χ0n) is 9.97. The second-order valence-corrected chi connectivity index (χ2v) is 4.29. The highest BCUT2D eigenvalue weighted by molar-refractivity contribution is 6.43. The summed E-state index contributed by atoms with van der Waals surface area (Å²) < 4.78 is 5.51. The Balaban J connectivity index is 2.13. The van der Waals surface area contributed by atoms with Crippen molar-refractivity contribution in [1.29, 1.82) is 0 Å². The van der Waals surface area contributed by atoms with Crippen molar-refractivity contribution in [3.8, 4) is 5.75 Å². The maximum Gasteiger partial charge on any atom is 0.294 e. The zero-order chi connectivity index (χ0) is 12.4. The van der Waals surface area contributed by atoms with E-state index >= 15 is 0 Å². The monoisotopic (exact) mass is 233 g/mol. The third kappa shape index (κ3) is 2.46. The number of ketones is 1. The minimum atomic E-state index is -0.414. The Bertz CT molecular complexity index is 436. The first-order valence-corrected chi connectivity index (χ1v) is 5.69. The van der Waals surface area contributed by atoms with Gasteiger partial charge in [0.25, 0.3) is 5.91 Å². The zero-order valence-corrected chi connectivity index (χ0v) is 9.97. The summed E-state index contributed by atoms with van der Waals surface area (Å²) in [6.07, 6.45) is 0.430. The Morgan fingerprint density at radius 1 is 1.18 bits per heavy atom. The Morgan fingerprint density at radius 3 is 2.29 bits per heavy atom. The molecule has 0 bridgehead atoms. The molecule has 0 aliphatic carbocycles. The van der Waals surface area contributed by atoms with Gasteiger partial charge in [-0.2, -0.15) is 0 Å². The summed E-state index contributed by atoms with van der Waals surface area (Å²) in [6, 6.07) is 7.22. The van der Waals surface area contributed by atoms with Crippen molar-refractivity contribution in [3.63, 3.8) is 0 Å². The minimum Gasteiger partial charge on any atom is -0.491 e. The molecule has 1 saturated heterocycles. The first-order chi connectivity index (χ1) is 8.08. The molecule has 0 aromatic heterocycles. The molecule has 0 unspecified atom stereocenters. The van der Waals surface area contributed by atoms with E-state index in [0.717, 1.165) is 11.4 Å². The van der Waals surface area contributed by atoms with Crippen LogP contribution in [0.1, 0.15) is 20.3 Å². The topological polar surface area (TPSA) is 46.6 Å². The number of amides is 1. The van der Waals surface area contributed by atoms with Gasteiger partial charge in [0.15, 0.2) is 0 Å². The molecule has 1 aromatic rings. The SMILES string of the molecule is CC(C)Oc1ccc(N2CCC(=O)C2=O)cc1. The predicted molar refractivity (Wildman–Crippen MR) is 64.2 cm³/mol. The van der Waals surface area contributed by atoms with Crippen molar-refractivity contribution in [2.45, 2.75) is 26.4 Å². The lowest BCUT2D eigenvalue weighted by molar-refractivity contribution is -0.133. The van der Waals surface area contributed by atoms with E-state index in [1.165, 1.54) is 4.90 Å². The van der Waals surface area contributed by atoms with Crippen LogP contribution in [0.3, 0.4) is 0 Å². The van der Waals surface area contributed by atoms with Gasteiger partial charge >= 0.3 is 0 Å². The van der Waals surface area contributed by atoms with E-state index in [-0.39, 0.29) is 11.9 Å². The summed E-state index contributed by atoms with van der Waals surface area (Å²) in [5.74, 6) is 0.0387. The fourth-order valence-electron chi connectivity index (χ4n) is 1.80. The average Bonchev–Trinajstić information content (AvgIpc) is 2.60. The summed E-state index contributed by atoms with van der Waals surface area (Å²) in [7, 11) is 0. The molecule has 1 aliphatic heterocycles. The maximum absolute atomic E-state index is 11.5. The van der Waals surface area contributed by atoms with Crippen LogP contribution in [-0.4, -0.2) is 24.3 Å². The quantitative estimate of drug-likeness (QED) is 0.748. The van der Waals surface area contributed by atoms with Crippen LogP contribution in [-0.2, 0) is 9.59 Å². The van der Waals surface area contributed by atoms with E-state index in [1.54, 1.807) is 12.1 Å². The summed E-state index contributed by atoms with van der Waals surface area (Å²) in [4.78, 5) is 24.2. The number of hydrogen-bond donors (Lipinski definition) is 0. The molecule has 4 heteroatoms. The fourth-order valence-corrected chi connectivity index (χ4v) is 1.80. The standard InChI is InChI=1S/C13H15NO3/c1-9(2)17-11-5-3-10(4-6-11)14-8-7-12(15)13(14)16/h3-6,9H,7-8H2,1-2H3. The maximum atomic E-state index is 11.5. The summed E-state index contributed by atoms with van der Waals surface area (Å²) >= 11 is 0. The molecule has 0 N–H and O–H groups in total. The Kier molecular flexibility index (Phi) is 3.13. The number of carbonyl (C=O) groups is 2. The molecule has 1 aliphatic rings. The van der Waals surface area contributed by atoms with Gasteiger partial charge in [-0.05, 0) is 38.1 Å². The Labute approximate surface area is 100 Å². The average molecular weight is 233 g/mol. The van der Waals surface area contributed by atoms with Gasteiger partial charge in [-0.15, -0.1) is 0 Å². The second-order valence-electron chi connectivity index (χ2n) is 4.29. The smallest absolute Gasteiger partial charge is 0.294 e. The molecule has 1 heterocycles. The molecule has 2 rings (SSSR count). The normalized spacial score (nSPS) is 15.8. The van der Waals surface area contributed by atoms with Crippen LogP contribution < -0.4 is 9.64 Å². The number of carbonyl (C=O) groups excluding carboxylic acids is 2. The molecule has 1 fully saturated rings. The van der Waals surface area contributed by atoms with Gasteiger partial charge in [-0.3, -0.25) is 9.59 Å².